The highest BCUT2D eigenvalue weighted by Crippen LogP contribution is 2.51. The average Bonchev–Trinajstić information content (AvgIpc) is 2.46. The number of hydrogen-bond donors (Lipinski definition) is 3. The Morgan fingerprint density at radius 2 is 1.82 bits per heavy atom. The number of carbonyl (C=O) groups excluding carboxylic acids is 1. The fraction of sp³-hybridized carbons (Fsp3) is 0.389. The third kappa shape index (κ3) is 1.83. The van der Waals surface area contributed by atoms with E-state index in [1.807, 2.05) is 20.8 Å². The molecule has 0 spiro atoms. The maximum Gasteiger partial charge on any atom is 0.167 e. The molecule has 0 heterocycles. The minimum Gasteiger partial charge on any atom is -0.507 e. The maximum atomic E-state index is 12.3. The van der Waals surface area contributed by atoms with Gasteiger partial charge in [0.05, 0.1) is 12.2 Å². The van der Waals surface area contributed by atoms with Gasteiger partial charge in [-0.05, 0) is 29.9 Å². The molecule has 0 radical (unpaired) electrons. The summed E-state index contributed by atoms with van der Waals surface area (Å²) in [6.07, 6.45) is 0.981. The number of phenols is 2. The van der Waals surface area contributed by atoms with E-state index in [-0.39, 0.29) is 29.5 Å². The molecule has 0 atom stereocenters. The Balaban J connectivity index is 2.59. The molecule has 116 valence electrons. The van der Waals surface area contributed by atoms with Crippen molar-refractivity contribution in [3.63, 3.8) is 0 Å². The second kappa shape index (κ2) is 4.71. The largest absolute Gasteiger partial charge is 0.507 e. The van der Waals surface area contributed by atoms with Crippen molar-refractivity contribution >= 4 is 16.6 Å². The van der Waals surface area contributed by atoms with Gasteiger partial charge in [0.1, 0.15) is 11.5 Å². The molecule has 1 aliphatic rings. The second-order valence-electron chi connectivity index (χ2n) is 6.70. The summed E-state index contributed by atoms with van der Waals surface area (Å²) in [6, 6.07) is 3.51. The van der Waals surface area contributed by atoms with Gasteiger partial charge in [-0.2, -0.15) is 0 Å². The Hall–Kier alpha value is -2.07. The lowest BCUT2D eigenvalue weighted by atomic mass is 9.70. The first kappa shape index (κ1) is 14.9. The Morgan fingerprint density at radius 3 is 2.45 bits per heavy atom. The van der Waals surface area contributed by atoms with Crippen molar-refractivity contribution in [1.82, 2.24) is 0 Å². The summed E-state index contributed by atoms with van der Waals surface area (Å²) in [5.74, 6) is -0.209. The van der Waals surface area contributed by atoms with E-state index >= 15 is 0 Å². The molecule has 0 saturated heterocycles. The summed E-state index contributed by atoms with van der Waals surface area (Å²) in [4.78, 5) is 12.3. The smallest absolute Gasteiger partial charge is 0.167 e. The molecule has 4 nitrogen and oxygen atoms in total. The summed E-state index contributed by atoms with van der Waals surface area (Å²) in [5.41, 5.74) is 1.63. The van der Waals surface area contributed by atoms with Gasteiger partial charge in [-0.3, -0.25) is 4.79 Å². The monoisotopic (exact) mass is 300 g/mol. The first-order valence-corrected chi connectivity index (χ1v) is 7.44. The Kier molecular flexibility index (Phi) is 3.18. The number of benzene rings is 2. The number of ketones is 1. The number of Topliss-reactive ketones (excluding diaryl/α,β-unsaturated/α-hetero) is 1. The van der Waals surface area contributed by atoms with Gasteiger partial charge in [0.2, 0.25) is 0 Å². The molecule has 2 aromatic rings. The van der Waals surface area contributed by atoms with Crippen molar-refractivity contribution in [1.29, 1.82) is 0 Å². The zero-order chi connectivity index (χ0) is 16.2. The molecule has 3 rings (SSSR count). The minimum atomic E-state index is -0.407. The predicted octanol–water partition coefficient (Wildman–Crippen LogP) is 3.31. The number of carbonyl (C=O) groups is 1. The molecule has 0 saturated carbocycles. The topological polar surface area (TPSA) is 77.8 Å². The lowest BCUT2D eigenvalue weighted by Crippen LogP contribution is -2.27. The fourth-order valence-electron chi connectivity index (χ4n) is 3.55. The van der Waals surface area contributed by atoms with Gasteiger partial charge in [-0.15, -0.1) is 0 Å². The molecule has 4 heteroatoms. The van der Waals surface area contributed by atoms with E-state index in [1.165, 1.54) is 0 Å². The van der Waals surface area contributed by atoms with Crippen LogP contribution >= 0.6 is 0 Å². The molecule has 0 bridgehead atoms. The van der Waals surface area contributed by atoms with E-state index in [4.69, 9.17) is 0 Å². The van der Waals surface area contributed by atoms with Gasteiger partial charge in [0.25, 0.3) is 0 Å². The summed E-state index contributed by atoms with van der Waals surface area (Å²) < 4.78 is 0. The maximum absolute atomic E-state index is 12.3. The van der Waals surface area contributed by atoms with Crippen LogP contribution in [0.1, 0.15) is 53.7 Å². The zero-order valence-corrected chi connectivity index (χ0v) is 13.0. The van der Waals surface area contributed by atoms with Crippen molar-refractivity contribution in [2.24, 2.45) is 0 Å². The van der Waals surface area contributed by atoms with E-state index in [2.05, 4.69) is 0 Å². The van der Waals surface area contributed by atoms with Crippen LogP contribution in [0.5, 0.6) is 11.5 Å². The van der Waals surface area contributed by atoms with Crippen LogP contribution in [0.25, 0.3) is 10.8 Å². The molecule has 22 heavy (non-hydrogen) atoms. The number of phenolic OH excluding ortho intramolecular Hbond substituents is 2. The van der Waals surface area contributed by atoms with Crippen LogP contribution < -0.4 is 0 Å². The lowest BCUT2D eigenvalue weighted by molar-refractivity contribution is 0.0952. The SMILES string of the molecule is Cc1ccc(CO)c2c(O)c3c(c(O)c12)C(=O)CCC3(C)C. The zero-order valence-electron chi connectivity index (χ0n) is 13.0. The highest BCUT2D eigenvalue weighted by molar-refractivity contribution is 6.11. The Bertz CT molecular complexity index is 803. The van der Waals surface area contributed by atoms with Crippen LogP contribution in [0.15, 0.2) is 12.1 Å². The number of aryl methyl sites for hydroxylation is 1. The molecule has 1 aliphatic carbocycles. The number of aliphatic hydroxyl groups excluding tert-OH is 1. The molecule has 0 aliphatic heterocycles. The van der Waals surface area contributed by atoms with Gasteiger partial charge >= 0.3 is 0 Å². The van der Waals surface area contributed by atoms with Crippen molar-refractivity contribution in [3.8, 4) is 11.5 Å². The lowest BCUT2D eigenvalue weighted by Gasteiger charge is -2.33. The third-order valence-corrected chi connectivity index (χ3v) is 4.80. The van der Waals surface area contributed by atoms with E-state index in [0.717, 1.165) is 5.56 Å². The van der Waals surface area contributed by atoms with Crippen LogP contribution in [0.3, 0.4) is 0 Å². The number of hydrogen-bond acceptors (Lipinski definition) is 4. The van der Waals surface area contributed by atoms with Crippen LogP contribution in [0, 0.1) is 6.92 Å². The fourth-order valence-corrected chi connectivity index (χ4v) is 3.55. The molecule has 2 aromatic carbocycles. The van der Waals surface area contributed by atoms with Gasteiger partial charge < -0.3 is 15.3 Å². The van der Waals surface area contributed by atoms with Crippen LogP contribution in [-0.2, 0) is 12.0 Å². The van der Waals surface area contributed by atoms with E-state index in [1.54, 1.807) is 12.1 Å². The summed E-state index contributed by atoms with van der Waals surface area (Å²) in [6.45, 7) is 5.49. The highest BCUT2D eigenvalue weighted by atomic mass is 16.3. The van der Waals surface area contributed by atoms with Crippen LogP contribution in [-0.4, -0.2) is 21.1 Å². The van der Waals surface area contributed by atoms with Crippen molar-refractivity contribution in [2.75, 3.05) is 0 Å². The minimum absolute atomic E-state index is 0.00796. The number of rotatable bonds is 1. The Labute approximate surface area is 129 Å². The highest BCUT2D eigenvalue weighted by Gasteiger charge is 2.38. The molecule has 0 aromatic heterocycles. The molecular formula is C18H20O4. The molecular weight excluding hydrogens is 280 g/mol. The molecule has 3 N–H and O–H groups in total. The van der Waals surface area contributed by atoms with Gasteiger partial charge in [0, 0.05) is 22.8 Å². The predicted molar refractivity (Wildman–Crippen MR) is 84.5 cm³/mol. The second-order valence-corrected chi connectivity index (χ2v) is 6.70. The molecule has 0 fully saturated rings. The first-order chi connectivity index (χ1) is 10.3. The first-order valence-electron chi connectivity index (χ1n) is 7.44. The van der Waals surface area contributed by atoms with Gasteiger partial charge in [-0.25, -0.2) is 0 Å². The number of aliphatic hydroxyl groups is 1. The van der Waals surface area contributed by atoms with E-state index in [9.17, 15) is 20.1 Å². The number of fused-ring (bicyclic) bond motifs is 2. The Morgan fingerprint density at radius 1 is 1.14 bits per heavy atom. The molecule has 0 unspecified atom stereocenters. The summed E-state index contributed by atoms with van der Waals surface area (Å²) in [5, 5.41) is 32.0. The third-order valence-electron chi connectivity index (χ3n) is 4.80. The van der Waals surface area contributed by atoms with Crippen molar-refractivity contribution in [3.05, 3.63) is 34.4 Å². The summed E-state index contributed by atoms with van der Waals surface area (Å²) >= 11 is 0. The van der Waals surface area contributed by atoms with Gasteiger partial charge in [0.15, 0.2) is 5.78 Å². The van der Waals surface area contributed by atoms with E-state index < -0.39 is 5.41 Å². The number of aromatic hydroxyl groups is 2. The van der Waals surface area contributed by atoms with Crippen molar-refractivity contribution < 1.29 is 20.1 Å². The van der Waals surface area contributed by atoms with E-state index in [0.29, 0.717) is 34.7 Å². The summed E-state index contributed by atoms with van der Waals surface area (Å²) in [7, 11) is 0. The standard InChI is InChI=1S/C18H20O4/c1-9-4-5-10(8-19)13-12(9)16(21)14-11(20)6-7-18(2,3)15(14)17(13)22/h4-5,19,21-22H,6-8H2,1-3H3. The average molecular weight is 300 g/mol. The quantitative estimate of drug-likeness (QED) is 0.706. The normalized spacial score (nSPS) is 16.8. The van der Waals surface area contributed by atoms with Gasteiger partial charge in [-0.1, -0.05) is 26.0 Å². The van der Waals surface area contributed by atoms with Crippen LogP contribution in [0.2, 0.25) is 0 Å². The molecule has 0 amide bonds. The van der Waals surface area contributed by atoms with Crippen LogP contribution in [0.4, 0.5) is 0 Å². The van der Waals surface area contributed by atoms with Crippen molar-refractivity contribution in [2.45, 2.75) is 45.6 Å².